The Bertz CT molecular complexity index is 506. The fourth-order valence-electron chi connectivity index (χ4n) is 1.83. The second kappa shape index (κ2) is 4.56. The maximum absolute atomic E-state index is 13.4. The van der Waals surface area contributed by atoms with Crippen LogP contribution in [0.1, 0.15) is 16.8 Å². The zero-order valence-corrected chi connectivity index (χ0v) is 9.09. The van der Waals surface area contributed by atoms with Crippen LogP contribution in [0.25, 0.3) is 0 Å². The van der Waals surface area contributed by atoms with Gasteiger partial charge in [-0.2, -0.15) is 0 Å². The third kappa shape index (κ3) is 2.05. The highest BCUT2D eigenvalue weighted by molar-refractivity contribution is 5.94. The van der Waals surface area contributed by atoms with Crippen LogP contribution in [-0.2, 0) is 0 Å². The number of β-amino-alcohol motifs (C(OH)–C–C–N with tert-alkyl or cyclic N) is 1. The first-order valence-corrected chi connectivity index (χ1v) is 5.22. The van der Waals surface area contributed by atoms with Crippen LogP contribution >= 0.6 is 0 Å². The standard InChI is InChI=1S/C11H9F4NO2/c12-7-3-6(8(13)10(15)9(7)14)11(18)16-2-1-5(17)4-16/h3,5,17H,1-2,4H2/t5-/m0/s1. The molecule has 0 spiro atoms. The highest BCUT2D eigenvalue weighted by atomic mass is 19.2. The second-order valence-electron chi connectivity index (χ2n) is 4.04. The maximum atomic E-state index is 13.4. The highest BCUT2D eigenvalue weighted by Gasteiger charge is 2.30. The molecule has 18 heavy (non-hydrogen) atoms. The van der Waals surface area contributed by atoms with Crippen LogP contribution in [0.2, 0.25) is 0 Å². The highest BCUT2D eigenvalue weighted by Crippen LogP contribution is 2.21. The Hall–Kier alpha value is -1.63. The molecule has 3 nitrogen and oxygen atoms in total. The zero-order chi connectivity index (χ0) is 13.4. The van der Waals surface area contributed by atoms with E-state index in [9.17, 15) is 27.5 Å². The van der Waals surface area contributed by atoms with E-state index >= 15 is 0 Å². The van der Waals surface area contributed by atoms with Gasteiger partial charge >= 0.3 is 0 Å². The number of amides is 1. The summed E-state index contributed by atoms with van der Waals surface area (Å²) in [6.07, 6.45) is -0.438. The van der Waals surface area contributed by atoms with E-state index in [1.807, 2.05) is 0 Å². The maximum Gasteiger partial charge on any atom is 0.257 e. The van der Waals surface area contributed by atoms with Crippen molar-refractivity contribution in [3.63, 3.8) is 0 Å². The smallest absolute Gasteiger partial charge is 0.257 e. The molecule has 0 aromatic heterocycles. The lowest BCUT2D eigenvalue weighted by molar-refractivity contribution is 0.0758. The van der Waals surface area contributed by atoms with Crippen molar-refractivity contribution in [2.24, 2.45) is 0 Å². The van der Waals surface area contributed by atoms with Gasteiger partial charge in [-0.05, 0) is 12.5 Å². The van der Waals surface area contributed by atoms with Crippen LogP contribution in [0.4, 0.5) is 17.6 Å². The van der Waals surface area contributed by atoms with Crippen molar-refractivity contribution in [2.45, 2.75) is 12.5 Å². The van der Waals surface area contributed by atoms with Crippen molar-refractivity contribution in [3.05, 3.63) is 34.9 Å². The number of halogens is 4. The fourth-order valence-corrected chi connectivity index (χ4v) is 1.83. The molecule has 1 saturated heterocycles. The lowest BCUT2D eigenvalue weighted by Gasteiger charge is -2.16. The Kier molecular flexibility index (Phi) is 3.25. The molecular formula is C11H9F4NO2. The number of nitrogens with zero attached hydrogens (tertiary/aromatic N) is 1. The van der Waals surface area contributed by atoms with Crippen molar-refractivity contribution in [2.75, 3.05) is 13.1 Å². The van der Waals surface area contributed by atoms with E-state index in [0.29, 0.717) is 12.5 Å². The molecule has 1 aromatic carbocycles. The molecule has 1 heterocycles. The summed E-state index contributed by atoms with van der Waals surface area (Å²) in [5.74, 6) is -8.29. The molecule has 0 bridgehead atoms. The van der Waals surface area contributed by atoms with Crippen molar-refractivity contribution < 1.29 is 27.5 Å². The lowest BCUT2D eigenvalue weighted by atomic mass is 10.1. The number of likely N-dealkylation sites (tertiary alicyclic amines) is 1. The van der Waals surface area contributed by atoms with Gasteiger partial charge < -0.3 is 10.0 Å². The van der Waals surface area contributed by atoms with Crippen LogP contribution in [0.5, 0.6) is 0 Å². The monoisotopic (exact) mass is 263 g/mol. The summed E-state index contributed by atoms with van der Waals surface area (Å²) in [7, 11) is 0. The SMILES string of the molecule is O=C(c1cc(F)c(F)c(F)c1F)N1CC[C@H](O)C1. The van der Waals surface area contributed by atoms with Gasteiger partial charge in [0.15, 0.2) is 23.3 Å². The van der Waals surface area contributed by atoms with Crippen LogP contribution in [0, 0.1) is 23.3 Å². The number of carbonyl (C=O) groups excluding carboxylic acids is 1. The lowest BCUT2D eigenvalue weighted by Crippen LogP contribution is -2.30. The second-order valence-corrected chi connectivity index (χ2v) is 4.04. The average molecular weight is 263 g/mol. The molecule has 1 aliphatic heterocycles. The fraction of sp³-hybridized carbons (Fsp3) is 0.364. The molecule has 0 saturated carbocycles. The van der Waals surface area contributed by atoms with Crippen LogP contribution in [0.15, 0.2) is 6.07 Å². The van der Waals surface area contributed by atoms with Crippen molar-refractivity contribution >= 4 is 5.91 Å². The summed E-state index contributed by atoms with van der Waals surface area (Å²) in [4.78, 5) is 12.8. The molecule has 0 radical (unpaired) electrons. The van der Waals surface area contributed by atoms with Gasteiger partial charge in [-0.15, -0.1) is 0 Å². The first kappa shape index (κ1) is 12.8. The molecule has 1 fully saturated rings. The molecule has 1 amide bonds. The van der Waals surface area contributed by atoms with Crippen molar-refractivity contribution in [1.29, 1.82) is 0 Å². The minimum Gasteiger partial charge on any atom is -0.391 e. The van der Waals surface area contributed by atoms with E-state index in [1.165, 1.54) is 0 Å². The summed E-state index contributed by atoms with van der Waals surface area (Å²) in [5.41, 5.74) is -0.875. The van der Waals surface area contributed by atoms with E-state index in [0.717, 1.165) is 4.90 Å². The molecule has 2 rings (SSSR count). The van der Waals surface area contributed by atoms with Crippen molar-refractivity contribution in [3.8, 4) is 0 Å². The van der Waals surface area contributed by atoms with Gasteiger partial charge in [-0.1, -0.05) is 0 Å². The van der Waals surface area contributed by atoms with Gasteiger partial charge in [0.05, 0.1) is 11.7 Å². The third-order valence-electron chi connectivity index (χ3n) is 2.78. The molecule has 1 atom stereocenters. The number of aliphatic hydroxyl groups is 1. The average Bonchev–Trinajstić information content (AvgIpc) is 2.77. The van der Waals surface area contributed by atoms with E-state index in [-0.39, 0.29) is 13.1 Å². The van der Waals surface area contributed by atoms with E-state index in [2.05, 4.69) is 0 Å². The normalized spacial score (nSPS) is 19.4. The van der Waals surface area contributed by atoms with Gasteiger partial charge in [0, 0.05) is 13.1 Å². The Balaban J connectivity index is 2.37. The molecule has 1 N–H and O–H groups in total. The van der Waals surface area contributed by atoms with Gasteiger partial charge in [-0.25, -0.2) is 17.6 Å². The third-order valence-corrected chi connectivity index (χ3v) is 2.78. The summed E-state index contributed by atoms with van der Waals surface area (Å²) in [5, 5.41) is 9.22. The minimum atomic E-state index is -2.02. The number of carbonyl (C=O) groups is 1. The first-order chi connectivity index (χ1) is 8.41. The van der Waals surface area contributed by atoms with Gasteiger partial charge in [0.2, 0.25) is 0 Å². The molecule has 0 aliphatic carbocycles. The Morgan fingerprint density at radius 2 is 1.89 bits per heavy atom. The molecule has 1 aromatic rings. The quantitative estimate of drug-likeness (QED) is 0.473. The van der Waals surface area contributed by atoms with E-state index in [1.54, 1.807) is 0 Å². The Labute approximate surface area is 99.6 Å². The number of aliphatic hydroxyl groups excluding tert-OH is 1. The number of rotatable bonds is 1. The van der Waals surface area contributed by atoms with Gasteiger partial charge in [0.25, 0.3) is 5.91 Å². The molecule has 0 unspecified atom stereocenters. The summed E-state index contributed by atoms with van der Waals surface area (Å²) in [6.45, 7) is 0.110. The van der Waals surface area contributed by atoms with Crippen LogP contribution in [-0.4, -0.2) is 35.1 Å². The molecule has 1 aliphatic rings. The largest absolute Gasteiger partial charge is 0.391 e. The van der Waals surface area contributed by atoms with Gasteiger partial charge in [0.1, 0.15) is 0 Å². The molecular weight excluding hydrogens is 254 g/mol. The summed E-state index contributed by atoms with van der Waals surface area (Å²) in [6, 6.07) is 0.320. The Morgan fingerprint density at radius 3 is 2.44 bits per heavy atom. The van der Waals surface area contributed by atoms with E-state index < -0.39 is 40.8 Å². The first-order valence-electron chi connectivity index (χ1n) is 5.22. The molecule has 7 heteroatoms. The predicted octanol–water partition coefficient (Wildman–Crippen LogP) is 1.45. The zero-order valence-electron chi connectivity index (χ0n) is 9.09. The topological polar surface area (TPSA) is 40.5 Å². The minimum absolute atomic E-state index is 0.0428. The molecule has 98 valence electrons. The van der Waals surface area contributed by atoms with Crippen molar-refractivity contribution in [1.82, 2.24) is 4.90 Å². The van der Waals surface area contributed by atoms with Crippen LogP contribution < -0.4 is 0 Å². The summed E-state index contributed by atoms with van der Waals surface area (Å²) < 4.78 is 52.0. The predicted molar refractivity (Wildman–Crippen MR) is 52.8 cm³/mol. The Morgan fingerprint density at radius 1 is 1.22 bits per heavy atom. The van der Waals surface area contributed by atoms with E-state index in [4.69, 9.17) is 0 Å². The van der Waals surface area contributed by atoms with Gasteiger partial charge in [-0.3, -0.25) is 4.79 Å². The number of hydrogen-bond donors (Lipinski definition) is 1. The summed E-state index contributed by atoms with van der Waals surface area (Å²) >= 11 is 0. The van der Waals surface area contributed by atoms with Crippen LogP contribution in [0.3, 0.4) is 0 Å². The number of hydrogen-bond acceptors (Lipinski definition) is 2. The number of benzene rings is 1.